The predicted octanol–water partition coefficient (Wildman–Crippen LogP) is 7.01. The lowest BCUT2D eigenvalue weighted by Gasteiger charge is -2.20. The van der Waals surface area contributed by atoms with Crippen molar-refractivity contribution >= 4 is 34.4 Å². The third-order valence-electron chi connectivity index (χ3n) is 5.72. The molecule has 0 aliphatic carbocycles. The first-order chi connectivity index (χ1) is 17.9. The molecule has 0 saturated heterocycles. The van der Waals surface area contributed by atoms with Crippen LogP contribution in [-0.2, 0) is 4.79 Å². The molecular weight excluding hydrogens is 526 g/mol. The molecule has 4 rings (SSSR count). The molecule has 1 unspecified atom stereocenters. The van der Waals surface area contributed by atoms with Gasteiger partial charge in [-0.1, -0.05) is 36.7 Å². The second kappa shape index (κ2) is 12.1. The van der Waals surface area contributed by atoms with E-state index < -0.39 is 36.3 Å². The lowest BCUT2D eigenvalue weighted by molar-refractivity contribution is -0.137. The highest BCUT2D eigenvalue weighted by atomic mass is 35.5. The molecule has 0 bridgehead atoms. The number of carbonyl (C=O) groups excluding carboxylic acids is 1. The van der Waals surface area contributed by atoms with Gasteiger partial charge in [-0.15, -0.1) is 0 Å². The topological polar surface area (TPSA) is 98.2 Å². The van der Waals surface area contributed by atoms with Gasteiger partial charge in [0.25, 0.3) is 0 Å². The Labute approximate surface area is 220 Å². The van der Waals surface area contributed by atoms with Crippen LogP contribution in [0.25, 0.3) is 22.0 Å². The van der Waals surface area contributed by atoms with Gasteiger partial charge in [0.15, 0.2) is 0 Å². The first kappa shape index (κ1) is 28.6. The largest absolute Gasteiger partial charge is 0.481 e. The summed E-state index contributed by atoms with van der Waals surface area (Å²) in [5.74, 6) is -1.82. The number of primary amides is 1. The molecular formula is C27H24ClF4N3O3. The maximum absolute atomic E-state index is 13.4. The van der Waals surface area contributed by atoms with Crippen molar-refractivity contribution in [2.45, 2.75) is 38.4 Å². The second-order valence-electron chi connectivity index (χ2n) is 8.39. The van der Waals surface area contributed by atoms with Gasteiger partial charge in [0.2, 0.25) is 5.91 Å². The average Bonchev–Trinajstić information content (AvgIpc) is 3.27. The molecule has 200 valence electrons. The third kappa shape index (κ3) is 7.32. The van der Waals surface area contributed by atoms with E-state index >= 15 is 0 Å². The summed E-state index contributed by atoms with van der Waals surface area (Å²) in [4.78, 5) is 20.7. The fourth-order valence-electron chi connectivity index (χ4n) is 3.79. The maximum Gasteiger partial charge on any atom is 0.389 e. The predicted molar refractivity (Wildman–Crippen MR) is 136 cm³/mol. The van der Waals surface area contributed by atoms with Crippen molar-refractivity contribution < 1.29 is 32.3 Å². The van der Waals surface area contributed by atoms with Gasteiger partial charge in [-0.2, -0.15) is 18.3 Å². The van der Waals surface area contributed by atoms with Gasteiger partial charge in [-0.3, -0.25) is 14.3 Å². The van der Waals surface area contributed by atoms with Crippen LogP contribution in [0.3, 0.4) is 0 Å². The number of aromatic nitrogens is 2. The second-order valence-corrected chi connectivity index (χ2v) is 8.80. The number of amides is 1. The van der Waals surface area contributed by atoms with Crippen LogP contribution < -0.4 is 5.73 Å². The first-order valence-corrected chi connectivity index (χ1v) is 11.9. The molecule has 38 heavy (non-hydrogen) atoms. The number of hydrogen-bond donors (Lipinski definition) is 2. The van der Waals surface area contributed by atoms with Gasteiger partial charge < -0.3 is 10.8 Å². The number of carbonyl (C=O) groups is 2. The number of aliphatic carboxylic acids is 1. The van der Waals surface area contributed by atoms with Crippen molar-refractivity contribution in [3.63, 3.8) is 0 Å². The molecule has 0 saturated carbocycles. The summed E-state index contributed by atoms with van der Waals surface area (Å²) in [5, 5.41) is 13.0. The minimum atomic E-state index is -4.33. The molecule has 0 spiro atoms. The SMILES string of the molecule is CCC(=O)O.NC(=O)c1ccc(C(CCC(F)(F)F)n2ncc3cc(-c4ccc(F)cc4Cl)ccc32)cc1. The van der Waals surface area contributed by atoms with Crippen LogP contribution in [0.15, 0.2) is 66.9 Å². The monoisotopic (exact) mass is 549 g/mol. The Balaban J connectivity index is 0.000000732. The number of benzene rings is 3. The number of carboxylic acids is 1. The van der Waals surface area contributed by atoms with Crippen LogP contribution in [0.2, 0.25) is 5.02 Å². The molecule has 3 aromatic carbocycles. The lowest BCUT2D eigenvalue weighted by atomic mass is 9.99. The van der Waals surface area contributed by atoms with Crippen molar-refractivity contribution in [3.05, 3.63) is 88.8 Å². The number of halogens is 5. The third-order valence-corrected chi connectivity index (χ3v) is 6.03. The van der Waals surface area contributed by atoms with Crippen LogP contribution in [0.4, 0.5) is 17.6 Å². The van der Waals surface area contributed by atoms with Crippen molar-refractivity contribution in [2.24, 2.45) is 5.73 Å². The maximum atomic E-state index is 13.4. The smallest absolute Gasteiger partial charge is 0.389 e. The molecule has 0 aliphatic heterocycles. The number of fused-ring (bicyclic) bond motifs is 1. The standard InChI is InChI=1S/C24H18ClF4N3O.C3H6O2/c25-20-12-18(26)6-7-19(20)16-5-8-21-17(11-16)13-31-32(21)22(9-10-24(27,28)29)14-1-3-15(4-2-14)23(30)33;1-2-3(4)5/h1-8,11-13,22H,9-10H2,(H2,30,33);2H2,1H3,(H,4,5). The Morgan fingerprint density at radius 2 is 1.74 bits per heavy atom. The van der Waals surface area contributed by atoms with Crippen LogP contribution in [0.5, 0.6) is 0 Å². The zero-order chi connectivity index (χ0) is 28.0. The highest BCUT2D eigenvalue weighted by Crippen LogP contribution is 2.35. The number of hydrogen-bond acceptors (Lipinski definition) is 3. The molecule has 6 nitrogen and oxygen atoms in total. The zero-order valence-corrected chi connectivity index (χ0v) is 20.9. The molecule has 0 radical (unpaired) electrons. The summed E-state index contributed by atoms with van der Waals surface area (Å²) >= 11 is 6.17. The van der Waals surface area contributed by atoms with E-state index in [1.54, 1.807) is 49.5 Å². The molecule has 1 aromatic heterocycles. The van der Waals surface area contributed by atoms with Gasteiger partial charge >= 0.3 is 12.1 Å². The van der Waals surface area contributed by atoms with Crippen LogP contribution in [0, 0.1) is 5.82 Å². The Morgan fingerprint density at radius 1 is 1.08 bits per heavy atom. The molecule has 0 fully saturated rings. The Morgan fingerprint density at radius 3 is 2.29 bits per heavy atom. The fourth-order valence-corrected chi connectivity index (χ4v) is 4.07. The molecule has 3 N–H and O–H groups in total. The number of nitrogens with zero attached hydrogens (tertiary/aromatic N) is 2. The zero-order valence-electron chi connectivity index (χ0n) is 20.2. The summed E-state index contributed by atoms with van der Waals surface area (Å²) in [6.45, 7) is 1.60. The molecule has 11 heteroatoms. The summed E-state index contributed by atoms with van der Waals surface area (Å²) < 4.78 is 54.0. The minimum Gasteiger partial charge on any atom is -0.481 e. The van der Waals surface area contributed by atoms with Crippen molar-refractivity contribution in [1.29, 1.82) is 0 Å². The Bertz CT molecular complexity index is 1440. The van der Waals surface area contributed by atoms with Gasteiger partial charge in [0, 0.05) is 29.4 Å². The number of carboxylic acid groups (broad SMARTS) is 1. The lowest BCUT2D eigenvalue weighted by Crippen LogP contribution is -2.17. The molecule has 1 heterocycles. The van der Waals surface area contributed by atoms with Gasteiger partial charge in [-0.25, -0.2) is 4.39 Å². The van der Waals surface area contributed by atoms with E-state index in [9.17, 15) is 27.2 Å². The Hall–Kier alpha value is -3.92. The quantitative estimate of drug-likeness (QED) is 0.242. The molecule has 4 aromatic rings. The average molecular weight is 550 g/mol. The van der Waals surface area contributed by atoms with E-state index in [-0.39, 0.29) is 23.4 Å². The van der Waals surface area contributed by atoms with Gasteiger partial charge in [0.1, 0.15) is 5.82 Å². The molecule has 0 aliphatic rings. The van der Waals surface area contributed by atoms with Crippen LogP contribution in [0.1, 0.15) is 48.1 Å². The number of rotatable bonds is 7. The Kier molecular flexibility index (Phi) is 9.11. The summed E-state index contributed by atoms with van der Waals surface area (Å²) in [5.41, 5.74) is 8.09. The minimum absolute atomic E-state index is 0.222. The first-order valence-electron chi connectivity index (χ1n) is 11.5. The van der Waals surface area contributed by atoms with Crippen molar-refractivity contribution in [3.8, 4) is 11.1 Å². The van der Waals surface area contributed by atoms with E-state index in [0.29, 0.717) is 22.0 Å². The van der Waals surface area contributed by atoms with E-state index in [0.717, 1.165) is 5.56 Å². The van der Waals surface area contributed by atoms with Crippen molar-refractivity contribution in [2.75, 3.05) is 0 Å². The van der Waals surface area contributed by atoms with Gasteiger partial charge in [-0.05, 0) is 60.0 Å². The van der Waals surface area contributed by atoms with Gasteiger partial charge in [0.05, 0.1) is 22.8 Å². The normalized spacial score (nSPS) is 12.1. The van der Waals surface area contributed by atoms with Crippen LogP contribution in [-0.4, -0.2) is 32.9 Å². The summed E-state index contributed by atoms with van der Waals surface area (Å²) in [6.07, 6.45) is -3.78. The summed E-state index contributed by atoms with van der Waals surface area (Å²) in [7, 11) is 0. The molecule has 1 amide bonds. The molecule has 1 atom stereocenters. The fraction of sp³-hybridized carbons (Fsp3) is 0.222. The number of alkyl halides is 3. The number of nitrogens with two attached hydrogens (primary N) is 1. The van der Waals surface area contributed by atoms with E-state index in [2.05, 4.69) is 5.10 Å². The summed E-state index contributed by atoms with van der Waals surface area (Å²) in [6, 6.07) is 14.8. The van der Waals surface area contributed by atoms with Crippen LogP contribution >= 0.6 is 11.6 Å². The van der Waals surface area contributed by atoms with E-state index in [1.165, 1.54) is 28.9 Å². The van der Waals surface area contributed by atoms with Crippen molar-refractivity contribution in [1.82, 2.24) is 9.78 Å². The van der Waals surface area contributed by atoms with E-state index in [1.807, 2.05) is 0 Å². The highest BCUT2D eigenvalue weighted by Gasteiger charge is 2.30. The highest BCUT2D eigenvalue weighted by molar-refractivity contribution is 6.33. The van der Waals surface area contributed by atoms with E-state index in [4.69, 9.17) is 22.4 Å².